The summed E-state index contributed by atoms with van der Waals surface area (Å²) >= 11 is 0. The van der Waals surface area contributed by atoms with Crippen LogP contribution in [0.25, 0.3) is 0 Å². The van der Waals surface area contributed by atoms with Gasteiger partial charge >= 0.3 is 6.09 Å². The molecule has 0 aromatic carbocycles. The molecule has 1 heterocycles. The van der Waals surface area contributed by atoms with Crippen LogP contribution in [-0.2, 0) is 14.2 Å². The largest absolute Gasteiger partial charge is 0.457 e. The summed E-state index contributed by atoms with van der Waals surface area (Å²) in [6.45, 7) is 6.15. The summed E-state index contributed by atoms with van der Waals surface area (Å²) in [7, 11) is 0. The van der Waals surface area contributed by atoms with E-state index in [0.717, 1.165) is 0 Å². The molecule has 0 bridgehead atoms. The maximum atomic E-state index is 11.2. The second kappa shape index (κ2) is 6.41. The molecule has 1 aliphatic rings. The van der Waals surface area contributed by atoms with E-state index in [1.165, 1.54) is 6.40 Å². The van der Waals surface area contributed by atoms with Crippen LogP contribution in [0.1, 0.15) is 27.2 Å². The zero-order valence-corrected chi connectivity index (χ0v) is 10.4. The predicted octanol–water partition coefficient (Wildman–Crippen LogP) is 0.764. The fourth-order valence-electron chi connectivity index (χ4n) is 1.09. The number of rotatable bonds is 4. The van der Waals surface area contributed by atoms with Gasteiger partial charge in [-0.05, 0) is 20.8 Å². The van der Waals surface area contributed by atoms with E-state index in [9.17, 15) is 4.79 Å². The van der Waals surface area contributed by atoms with E-state index in [1.54, 1.807) is 20.8 Å². The number of carbonyl (C=O) groups excluding carboxylic acids is 1. The number of hydrogen-bond donors (Lipinski definition) is 2. The summed E-state index contributed by atoms with van der Waals surface area (Å²) in [5.41, 5.74) is 4.66. The summed E-state index contributed by atoms with van der Waals surface area (Å²) < 4.78 is 15.0. The van der Waals surface area contributed by atoms with Crippen LogP contribution in [0, 0.1) is 0 Å². The van der Waals surface area contributed by atoms with Gasteiger partial charge in [0, 0.05) is 13.0 Å². The molecule has 0 aliphatic carbocycles. The van der Waals surface area contributed by atoms with Crippen LogP contribution in [0.4, 0.5) is 4.79 Å². The molecule has 1 unspecified atom stereocenters. The molecule has 0 saturated carbocycles. The molecule has 7 heteroatoms. The normalized spacial score (nSPS) is 19.6. The summed E-state index contributed by atoms with van der Waals surface area (Å²) in [6, 6.07) is 0. The summed E-state index contributed by atoms with van der Waals surface area (Å²) in [5.74, 6) is 0. The van der Waals surface area contributed by atoms with Crippen molar-refractivity contribution >= 4 is 12.5 Å². The molecule has 0 spiro atoms. The minimum absolute atomic E-state index is 0.216. The average Bonchev–Trinajstić information content (AvgIpc) is 2.23. The van der Waals surface area contributed by atoms with Crippen molar-refractivity contribution in [1.29, 1.82) is 0 Å². The molecule has 17 heavy (non-hydrogen) atoms. The van der Waals surface area contributed by atoms with Gasteiger partial charge in [0.15, 0.2) is 19.4 Å². The van der Waals surface area contributed by atoms with E-state index >= 15 is 0 Å². The van der Waals surface area contributed by atoms with E-state index in [4.69, 9.17) is 14.2 Å². The quantitative estimate of drug-likeness (QED) is 0.564. The highest BCUT2D eigenvalue weighted by atomic mass is 16.7. The van der Waals surface area contributed by atoms with Gasteiger partial charge in [0.05, 0.1) is 0 Å². The lowest BCUT2D eigenvalue weighted by Gasteiger charge is -2.20. The number of carbonyl (C=O) groups is 1. The lowest BCUT2D eigenvalue weighted by atomic mass is 10.2. The monoisotopic (exact) mass is 245 g/mol. The number of hydrazine groups is 1. The zero-order valence-electron chi connectivity index (χ0n) is 10.4. The lowest BCUT2D eigenvalue weighted by molar-refractivity contribution is -0.0561. The Balaban J connectivity index is 2.05. The van der Waals surface area contributed by atoms with E-state index in [-0.39, 0.29) is 13.0 Å². The molecule has 1 atom stereocenters. The average molecular weight is 245 g/mol. The third kappa shape index (κ3) is 6.75. The van der Waals surface area contributed by atoms with Crippen LogP contribution in [0.5, 0.6) is 0 Å². The minimum atomic E-state index is -0.506. The maximum absolute atomic E-state index is 11.2. The first-order valence-electron chi connectivity index (χ1n) is 5.44. The smallest absolute Gasteiger partial charge is 0.422 e. The highest BCUT2D eigenvalue weighted by Gasteiger charge is 2.15. The van der Waals surface area contributed by atoms with Crippen LogP contribution in [0.2, 0.25) is 0 Å². The van der Waals surface area contributed by atoms with Crippen molar-refractivity contribution in [3.63, 3.8) is 0 Å². The first-order chi connectivity index (χ1) is 7.97. The van der Waals surface area contributed by atoms with Crippen LogP contribution in [0.15, 0.2) is 4.99 Å². The molecular weight excluding hydrogens is 226 g/mol. The molecule has 1 rings (SSSR count). The van der Waals surface area contributed by atoms with Gasteiger partial charge in [0.2, 0.25) is 0 Å². The topological polar surface area (TPSA) is 81.2 Å². The van der Waals surface area contributed by atoms with Crippen molar-refractivity contribution < 1.29 is 19.0 Å². The van der Waals surface area contributed by atoms with Gasteiger partial charge in [0.25, 0.3) is 0 Å². The third-order valence-electron chi connectivity index (χ3n) is 1.74. The second-order valence-corrected chi connectivity index (χ2v) is 4.50. The SMILES string of the molecule is CC(C)(C)OC(=O)NNCCC1N=COCO1. The fraction of sp³-hybridized carbons (Fsp3) is 0.800. The van der Waals surface area contributed by atoms with Gasteiger partial charge in [-0.1, -0.05) is 0 Å². The molecular formula is C10H19N3O4. The van der Waals surface area contributed by atoms with Gasteiger partial charge < -0.3 is 14.2 Å². The van der Waals surface area contributed by atoms with Gasteiger partial charge in [-0.3, -0.25) is 5.43 Å². The molecule has 1 amide bonds. The summed E-state index contributed by atoms with van der Waals surface area (Å²) in [5, 5.41) is 0. The Labute approximate surface area is 100 Å². The van der Waals surface area contributed by atoms with Crippen LogP contribution in [0.3, 0.4) is 0 Å². The number of nitrogens with one attached hydrogen (secondary N) is 2. The maximum Gasteiger partial charge on any atom is 0.422 e. The third-order valence-corrected chi connectivity index (χ3v) is 1.74. The van der Waals surface area contributed by atoms with Crippen molar-refractivity contribution in [1.82, 2.24) is 10.9 Å². The van der Waals surface area contributed by atoms with E-state index in [2.05, 4.69) is 15.8 Å². The van der Waals surface area contributed by atoms with E-state index in [1.807, 2.05) is 0 Å². The van der Waals surface area contributed by atoms with Crippen molar-refractivity contribution in [2.45, 2.75) is 39.0 Å². The Bertz CT molecular complexity index is 275. The van der Waals surface area contributed by atoms with E-state index in [0.29, 0.717) is 13.0 Å². The van der Waals surface area contributed by atoms with Crippen molar-refractivity contribution in [3.05, 3.63) is 0 Å². The molecule has 98 valence electrons. The summed E-state index contributed by atoms with van der Waals surface area (Å²) in [4.78, 5) is 15.2. The van der Waals surface area contributed by atoms with Crippen molar-refractivity contribution in [2.75, 3.05) is 13.3 Å². The molecule has 1 aliphatic heterocycles. The molecule has 0 radical (unpaired) electrons. The van der Waals surface area contributed by atoms with Crippen LogP contribution < -0.4 is 10.9 Å². The Hall–Kier alpha value is -1.34. The first-order valence-corrected chi connectivity index (χ1v) is 5.44. The van der Waals surface area contributed by atoms with Crippen molar-refractivity contribution in [3.8, 4) is 0 Å². The summed E-state index contributed by atoms with van der Waals surface area (Å²) in [6.07, 6.45) is 1.27. The van der Waals surface area contributed by atoms with Crippen molar-refractivity contribution in [2.24, 2.45) is 4.99 Å². The highest BCUT2D eigenvalue weighted by molar-refractivity contribution is 5.66. The zero-order chi connectivity index (χ0) is 12.7. The van der Waals surface area contributed by atoms with Gasteiger partial charge in [0.1, 0.15) is 5.60 Å². The number of nitrogens with zero attached hydrogens (tertiary/aromatic N) is 1. The van der Waals surface area contributed by atoms with E-state index < -0.39 is 11.7 Å². The highest BCUT2D eigenvalue weighted by Crippen LogP contribution is 2.06. The molecule has 2 N–H and O–H groups in total. The molecule has 0 aromatic rings. The van der Waals surface area contributed by atoms with Gasteiger partial charge in [-0.15, -0.1) is 0 Å². The Kier molecular flexibility index (Phi) is 5.17. The number of ether oxygens (including phenoxy) is 3. The molecule has 0 saturated heterocycles. The fourth-order valence-corrected chi connectivity index (χ4v) is 1.09. The molecule has 0 fully saturated rings. The predicted molar refractivity (Wildman–Crippen MR) is 61.3 cm³/mol. The minimum Gasteiger partial charge on any atom is -0.457 e. The Morgan fingerprint density at radius 3 is 2.94 bits per heavy atom. The molecule has 7 nitrogen and oxygen atoms in total. The standard InChI is InChI=1S/C10H19N3O4/c1-10(2,3)17-9(14)13-12-5-4-8-11-6-15-7-16-8/h6,8,12H,4-5,7H2,1-3H3,(H,13,14). The van der Waals surface area contributed by atoms with Crippen LogP contribution >= 0.6 is 0 Å². The van der Waals surface area contributed by atoms with Gasteiger partial charge in [-0.25, -0.2) is 15.2 Å². The Morgan fingerprint density at radius 1 is 1.59 bits per heavy atom. The second-order valence-electron chi connectivity index (χ2n) is 4.50. The first kappa shape index (κ1) is 13.7. The lowest BCUT2D eigenvalue weighted by Crippen LogP contribution is -2.42. The number of amides is 1. The number of aliphatic imine (C=N–C) groups is 1. The Morgan fingerprint density at radius 2 is 2.35 bits per heavy atom. The molecule has 0 aromatic heterocycles. The number of hydrogen-bond acceptors (Lipinski definition) is 6. The van der Waals surface area contributed by atoms with Crippen LogP contribution in [-0.4, -0.2) is 37.7 Å². The van der Waals surface area contributed by atoms with Gasteiger partial charge in [-0.2, -0.15) is 0 Å².